The summed E-state index contributed by atoms with van der Waals surface area (Å²) in [6.45, 7) is 9.70. The van der Waals surface area contributed by atoms with Crippen LogP contribution in [0.15, 0.2) is 22.8 Å². The van der Waals surface area contributed by atoms with E-state index in [2.05, 4.69) is 33.8 Å². The second-order valence-electron chi connectivity index (χ2n) is 12.4. The number of Topliss-reactive ketones (excluding diaryl/α,β-unsaturated/α-hetero) is 1. The molecule has 2 saturated carbocycles. The fraction of sp³-hybridized carbons (Fsp3) is 0.786. The number of likely N-dealkylation sites (tertiary alicyclic amines) is 1. The summed E-state index contributed by atoms with van der Waals surface area (Å²) in [5.74, 6) is 1.74. The Hall–Kier alpha value is -1.46. The Kier molecular flexibility index (Phi) is 4.85. The van der Waals surface area contributed by atoms with Crippen LogP contribution in [0.2, 0.25) is 0 Å². The van der Waals surface area contributed by atoms with Gasteiger partial charge in [0, 0.05) is 24.0 Å². The first-order valence-corrected chi connectivity index (χ1v) is 13.2. The molecule has 4 fully saturated rings. The van der Waals surface area contributed by atoms with Crippen molar-refractivity contribution in [2.75, 3.05) is 6.54 Å². The van der Waals surface area contributed by atoms with Gasteiger partial charge in [0.25, 0.3) is 0 Å². The molecule has 5 nitrogen and oxygen atoms in total. The molecule has 2 aliphatic heterocycles. The molecule has 1 amide bonds. The van der Waals surface area contributed by atoms with E-state index in [1.807, 2.05) is 4.90 Å². The van der Waals surface area contributed by atoms with Gasteiger partial charge in [-0.15, -0.1) is 0 Å². The molecule has 180 valence electrons. The van der Waals surface area contributed by atoms with Crippen LogP contribution in [0.3, 0.4) is 0 Å². The Bertz CT molecular complexity index is 954. The van der Waals surface area contributed by atoms with Crippen molar-refractivity contribution in [1.82, 2.24) is 4.90 Å². The Labute approximate surface area is 197 Å². The number of piperidine rings is 1. The summed E-state index contributed by atoms with van der Waals surface area (Å²) in [5.41, 5.74) is 3.01. The van der Waals surface area contributed by atoms with Crippen molar-refractivity contribution in [2.45, 2.75) is 96.5 Å². The maximum atomic E-state index is 14.2. The third-order valence-corrected chi connectivity index (χ3v) is 10.9. The third kappa shape index (κ3) is 2.78. The first-order chi connectivity index (χ1) is 15.7. The van der Waals surface area contributed by atoms with Gasteiger partial charge in [-0.3, -0.25) is 9.59 Å². The summed E-state index contributed by atoms with van der Waals surface area (Å²) in [6, 6.07) is 0.107. The van der Waals surface area contributed by atoms with Gasteiger partial charge in [0.2, 0.25) is 6.41 Å². The van der Waals surface area contributed by atoms with E-state index in [0.29, 0.717) is 23.5 Å². The highest BCUT2D eigenvalue weighted by Gasteiger charge is 2.64. The second kappa shape index (κ2) is 7.27. The molecule has 4 aliphatic carbocycles. The van der Waals surface area contributed by atoms with Crippen molar-refractivity contribution >= 4 is 12.2 Å². The number of ketones is 1. The maximum Gasteiger partial charge on any atom is 0.210 e. The van der Waals surface area contributed by atoms with Crippen LogP contribution >= 0.6 is 0 Å². The number of carbonyl (C=O) groups excluding carboxylic acids is 2. The summed E-state index contributed by atoms with van der Waals surface area (Å²) < 4.78 is 6.92. The largest absolute Gasteiger partial charge is 0.393 e. The van der Waals surface area contributed by atoms with Gasteiger partial charge in [-0.1, -0.05) is 32.4 Å². The van der Waals surface area contributed by atoms with E-state index in [1.165, 1.54) is 11.1 Å². The molecule has 33 heavy (non-hydrogen) atoms. The molecule has 2 saturated heterocycles. The summed E-state index contributed by atoms with van der Waals surface area (Å²) in [7, 11) is 0. The van der Waals surface area contributed by atoms with Crippen molar-refractivity contribution in [2.24, 2.45) is 35.0 Å². The molecule has 6 rings (SSSR count). The van der Waals surface area contributed by atoms with Gasteiger partial charge in [0.05, 0.1) is 23.9 Å². The summed E-state index contributed by atoms with van der Waals surface area (Å²) in [6.07, 6.45) is 9.50. The maximum absolute atomic E-state index is 14.2. The van der Waals surface area contributed by atoms with Crippen LogP contribution in [0.4, 0.5) is 0 Å². The number of ether oxygens (including phenoxy) is 1. The first kappa shape index (κ1) is 22.0. The number of amides is 1. The molecule has 0 bridgehead atoms. The number of hydrogen-bond donors (Lipinski definition) is 1. The quantitative estimate of drug-likeness (QED) is 0.481. The van der Waals surface area contributed by atoms with E-state index in [0.717, 1.165) is 63.5 Å². The van der Waals surface area contributed by atoms with Crippen LogP contribution in [0, 0.1) is 35.0 Å². The van der Waals surface area contributed by atoms with Gasteiger partial charge in [-0.25, -0.2) is 0 Å². The van der Waals surface area contributed by atoms with E-state index in [4.69, 9.17) is 4.74 Å². The lowest BCUT2D eigenvalue weighted by molar-refractivity contribution is -0.126. The van der Waals surface area contributed by atoms with Crippen LogP contribution in [0.5, 0.6) is 0 Å². The molecule has 1 N–H and O–H groups in total. The van der Waals surface area contributed by atoms with Crippen molar-refractivity contribution < 1.29 is 19.4 Å². The van der Waals surface area contributed by atoms with Crippen molar-refractivity contribution in [1.29, 1.82) is 0 Å². The number of aliphatic hydroxyl groups excluding tert-OH is 1. The lowest BCUT2D eigenvalue weighted by Crippen LogP contribution is -2.51. The minimum absolute atomic E-state index is 0.0422. The Morgan fingerprint density at radius 3 is 2.79 bits per heavy atom. The van der Waals surface area contributed by atoms with Crippen LogP contribution in [0.25, 0.3) is 0 Å². The average Bonchev–Trinajstić information content (AvgIpc) is 3.23. The van der Waals surface area contributed by atoms with Gasteiger partial charge in [-0.05, 0) is 80.6 Å². The molecular weight excluding hydrogens is 414 g/mol. The van der Waals surface area contributed by atoms with Crippen molar-refractivity contribution in [3.63, 3.8) is 0 Å². The number of hydrogen-bond acceptors (Lipinski definition) is 4. The minimum atomic E-state index is -0.421. The number of fused-ring (bicyclic) bond motifs is 6. The van der Waals surface area contributed by atoms with Crippen LogP contribution in [-0.4, -0.2) is 52.6 Å². The van der Waals surface area contributed by atoms with Crippen molar-refractivity contribution in [3.8, 4) is 0 Å². The zero-order chi connectivity index (χ0) is 23.3. The second-order valence-corrected chi connectivity index (χ2v) is 12.4. The summed E-state index contributed by atoms with van der Waals surface area (Å²) in [5, 5.41) is 10.3. The van der Waals surface area contributed by atoms with Crippen LogP contribution in [-0.2, 0) is 14.3 Å². The molecule has 0 radical (unpaired) electrons. The zero-order valence-electron chi connectivity index (χ0n) is 20.5. The topological polar surface area (TPSA) is 66.8 Å². The molecule has 0 aromatic carbocycles. The number of rotatable bonds is 1. The van der Waals surface area contributed by atoms with Gasteiger partial charge in [0.15, 0.2) is 5.78 Å². The molecule has 2 heterocycles. The highest BCUT2D eigenvalue weighted by atomic mass is 16.5. The molecule has 5 heteroatoms. The molecule has 6 aliphatic rings. The van der Waals surface area contributed by atoms with Gasteiger partial charge >= 0.3 is 0 Å². The van der Waals surface area contributed by atoms with Crippen molar-refractivity contribution in [3.05, 3.63) is 22.8 Å². The first-order valence-electron chi connectivity index (χ1n) is 13.2. The van der Waals surface area contributed by atoms with Gasteiger partial charge < -0.3 is 14.7 Å². The van der Waals surface area contributed by atoms with Gasteiger partial charge in [-0.2, -0.15) is 0 Å². The Morgan fingerprint density at radius 2 is 2.03 bits per heavy atom. The fourth-order valence-corrected chi connectivity index (χ4v) is 9.34. The normalized spacial score (nSPS) is 51.1. The number of aliphatic hydroxyl groups is 1. The predicted octanol–water partition coefficient (Wildman–Crippen LogP) is 4.05. The van der Waals surface area contributed by atoms with E-state index in [-0.39, 0.29) is 35.5 Å². The van der Waals surface area contributed by atoms with Gasteiger partial charge in [0.1, 0.15) is 0 Å². The number of allylic oxidation sites excluding steroid dienone is 2. The van der Waals surface area contributed by atoms with E-state index < -0.39 is 5.60 Å². The lowest BCUT2D eigenvalue weighted by atomic mass is 9.56. The summed E-state index contributed by atoms with van der Waals surface area (Å²) in [4.78, 5) is 28.1. The smallest absolute Gasteiger partial charge is 0.210 e. The van der Waals surface area contributed by atoms with Crippen LogP contribution < -0.4 is 0 Å². The Morgan fingerprint density at radius 1 is 1.24 bits per heavy atom. The third-order valence-electron chi connectivity index (χ3n) is 10.9. The summed E-state index contributed by atoms with van der Waals surface area (Å²) >= 11 is 0. The molecule has 1 spiro atoms. The molecule has 0 aromatic heterocycles. The molecular formula is C28H39NO4. The monoisotopic (exact) mass is 453 g/mol. The average molecular weight is 454 g/mol. The fourth-order valence-electron chi connectivity index (χ4n) is 9.34. The number of carbonyl (C=O) groups is 2. The molecule has 10 atom stereocenters. The molecule has 0 aromatic rings. The van der Waals surface area contributed by atoms with E-state index in [1.54, 1.807) is 0 Å². The predicted molar refractivity (Wildman–Crippen MR) is 125 cm³/mol. The SMILES string of the molecule is CC1=C2C(=O)C3C(CC=C4CC(O)CCC43C)C2CC[C@]12O[C@@H]1CC(C)CN(C=O)[C@H]1C2C. The lowest BCUT2D eigenvalue weighted by Gasteiger charge is -2.48. The van der Waals surface area contributed by atoms with E-state index >= 15 is 0 Å². The minimum Gasteiger partial charge on any atom is -0.393 e. The Balaban J connectivity index is 1.39. The highest BCUT2D eigenvalue weighted by molar-refractivity contribution is 6.02. The van der Waals surface area contributed by atoms with E-state index in [9.17, 15) is 14.7 Å². The van der Waals surface area contributed by atoms with Crippen LogP contribution in [0.1, 0.15) is 72.6 Å². The highest BCUT2D eigenvalue weighted by Crippen LogP contribution is 2.64. The standard InChI is InChI=1S/C28H39NO4/c1-15-11-22-25(29(13-15)14-30)17(3)28(33-22)10-8-20-21-6-5-18-12-19(31)7-9-27(18,4)24(21)26(32)23(20)16(28)2/h5,14-15,17,19-22,24-25,31H,6-13H2,1-4H3/t15?,17?,19?,20?,21?,22-,24?,25+,27?,28+/m1/s1. The zero-order valence-corrected chi connectivity index (χ0v) is 20.5. The number of nitrogens with zero attached hydrogens (tertiary/aromatic N) is 1. The molecule has 7 unspecified atom stereocenters.